The predicted octanol–water partition coefficient (Wildman–Crippen LogP) is 2.40. The fraction of sp³-hybridized carbons (Fsp3) is 0.286. The van der Waals surface area contributed by atoms with Gasteiger partial charge in [0.15, 0.2) is 0 Å². The van der Waals surface area contributed by atoms with Crippen LogP contribution in [0.5, 0.6) is 5.75 Å². The molecule has 2 rings (SSSR count). The molecule has 7 heteroatoms. The Hall–Kier alpha value is -1.31. The first-order valence-corrected chi connectivity index (χ1v) is 8.53. The third-order valence-corrected chi connectivity index (χ3v) is 4.61. The summed E-state index contributed by atoms with van der Waals surface area (Å²) >= 11 is 3.99. The van der Waals surface area contributed by atoms with Crippen molar-refractivity contribution in [3.8, 4) is 5.75 Å². The molecule has 0 saturated carbocycles. The number of hydrogen-bond donors (Lipinski definition) is 2. The van der Waals surface area contributed by atoms with Gasteiger partial charge in [-0.3, -0.25) is 0 Å². The van der Waals surface area contributed by atoms with Gasteiger partial charge in [-0.05, 0) is 12.1 Å². The van der Waals surface area contributed by atoms with Crippen LogP contribution in [-0.4, -0.2) is 34.0 Å². The van der Waals surface area contributed by atoms with E-state index in [1.54, 1.807) is 30.3 Å². The molecule has 0 atom stereocenters. The smallest absolute Gasteiger partial charge is 0.241 e. The van der Waals surface area contributed by atoms with E-state index in [9.17, 15) is 12.8 Å². The van der Waals surface area contributed by atoms with Crippen LogP contribution in [0, 0.1) is 0 Å². The molecule has 2 aromatic carbocycles. The highest BCUT2D eigenvalue weighted by Gasteiger charge is 2.17. The number of hydrogen-bond acceptors (Lipinski definition) is 4. The van der Waals surface area contributed by atoms with Crippen LogP contribution in [0.25, 0.3) is 10.8 Å². The first-order chi connectivity index (χ1) is 10.1. The predicted molar refractivity (Wildman–Crippen MR) is 84.5 cm³/mol. The number of thiol groups is 1. The number of rotatable bonds is 7. The van der Waals surface area contributed by atoms with Gasteiger partial charge in [0.1, 0.15) is 19.0 Å². The van der Waals surface area contributed by atoms with Crippen LogP contribution < -0.4 is 9.46 Å². The minimum atomic E-state index is -3.61. The molecule has 0 radical (unpaired) electrons. The second kappa shape index (κ2) is 7.11. The molecular formula is C14H16FNO3S2. The van der Waals surface area contributed by atoms with Gasteiger partial charge < -0.3 is 4.74 Å². The second-order valence-electron chi connectivity index (χ2n) is 4.27. The minimum absolute atomic E-state index is 0.0615. The number of alkyl halides is 1. The minimum Gasteiger partial charge on any atom is -0.490 e. The number of fused-ring (bicyclic) bond motifs is 1. The summed E-state index contributed by atoms with van der Waals surface area (Å²) in [6, 6.07) is 10.00. The fourth-order valence-corrected chi connectivity index (χ4v) is 3.53. The Morgan fingerprint density at radius 1 is 1.14 bits per heavy atom. The summed E-state index contributed by atoms with van der Waals surface area (Å²) in [5, 5.41) is 1.18. The zero-order valence-corrected chi connectivity index (χ0v) is 13.0. The zero-order valence-electron chi connectivity index (χ0n) is 11.3. The molecule has 0 aromatic heterocycles. The van der Waals surface area contributed by atoms with Crippen molar-refractivity contribution < 1.29 is 17.5 Å². The molecule has 0 spiro atoms. The van der Waals surface area contributed by atoms with Gasteiger partial charge in [-0.2, -0.15) is 12.6 Å². The fourth-order valence-electron chi connectivity index (χ4n) is 2.02. The number of benzene rings is 2. The Labute approximate surface area is 128 Å². The van der Waals surface area contributed by atoms with Gasteiger partial charge in [0.05, 0.1) is 4.90 Å². The molecule has 4 nitrogen and oxygen atoms in total. The highest BCUT2D eigenvalue weighted by molar-refractivity contribution is 7.89. The molecule has 0 aliphatic carbocycles. The summed E-state index contributed by atoms with van der Waals surface area (Å²) < 4.78 is 44.6. The highest BCUT2D eigenvalue weighted by Crippen LogP contribution is 2.30. The van der Waals surface area contributed by atoms with Crippen molar-refractivity contribution >= 4 is 33.4 Å². The standard InChI is InChI=1S/C14H16FNO3S2/c15-7-9-19-13-5-1-4-12-11(13)3-2-6-14(12)21(17,18)16-8-10-20/h1-6,16,20H,7-10H2/i15+0. The maximum Gasteiger partial charge on any atom is 0.241 e. The lowest BCUT2D eigenvalue weighted by Gasteiger charge is -2.12. The summed E-state index contributed by atoms with van der Waals surface area (Å²) in [5.74, 6) is 0.880. The lowest BCUT2D eigenvalue weighted by Crippen LogP contribution is -2.25. The van der Waals surface area contributed by atoms with E-state index in [1.165, 1.54) is 6.07 Å². The van der Waals surface area contributed by atoms with Gasteiger partial charge in [0, 0.05) is 23.1 Å². The van der Waals surface area contributed by atoms with Crippen LogP contribution in [0.1, 0.15) is 0 Å². The monoisotopic (exact) mass is 329 g/mol. The Balaban J connectivity index is 2.51. The first kappa shape index (κ1) is 16.1. The van der Waals surface area contributed by atoms with Gasteiger partial charge in [0.25, 0.3) is 0 Å². The van der Waals surface area contributed by atoms with E-state index in [-0.39, 0.29) is 18.0 Å². The lowest BCUT2D eigenvalue weighted by molar-refractivity contribution is 0.276. The number of nitrogens with one attached hydrogen (secondary N) is 1. The normalized spacial score (nSPS) is 11.7. The molecule has 0 heterocycles. The van der Waals surface area contributed by atoms with Gasteiger partial charge >= 0.3 is 0 Å². The van der Waals surface area contributed by atoms with Crippen LogP contribution in [0.3, 0.4) is 0 Å². The van der Waals surface area contributed by atoms with Gasteiger partial charge in [0.2, 0.25) is 10.0 Å². The van der Waals surface area contributed by atoms with E-state index >= 15 is 0 Å². The van der Waals surface area contributed by atoms with Crippen LogP contribution in [-0.2, 0) is 10.0 Å². The van der Waals surface area contributed by atoms with Crippen molar-refractivity contribution in [3.63, 3.8) is 0 Å². The zero-order chi connectivity index (χ0) is 15.3. The van der Waals surface area contributed by atoms with E-state index < -0.39 is 16.7 Å². The Bertz CT molecular complexity index is 719. The van der Waals surface area contributed by atoms with Crippen molar-refractivity contribution in [1.82, 2.24) is 4.72 Å². The molecule has 1 N–H and O–H groups in total. The molecule has 0 fully saturated rings. The maximum absolute atomic E-state index is 12.3. The molecule has 21 heavy (non-hydrogen) atoms. The quantitative estimate of drug-likeness (QED) is 0.767. The van der Waals surface area contributed by atoms with E-state index in [4.69, 9.17) is 4.74 Å². The largest absolute Gasteiger partial charge is 0.490 e. The molecule has 0 aliphatic heterocycles. The summed E-state index contributed by atoms with van der Waals surface area (Å²) in [6.45, 7) is -0.411. The van der Waals surface area contributed by atoms with Crippen molar-refractivity contribution in [2.45, 2.75) is 4.90 Å². The third-order valence-electron chi connectivity index (χ3n) is 2.87. The van der Waals surface area contributed by atoms with Crippen LogP contribution in [0.2, 0.25) is 0 Å². The van der Waals surface area contributed by atoms with Crippen LogP contribution in [0.15, 0.2) is 41.3 Å². The van der Waals surface area contributed by atoms with Crippen LogP contribution in [0.4, 0.5) is 4.39 Å². The van der Waals surface area contributed by atoms with Gasteiger partial charge in [-0.25, -0.2) is 17.5 Å². The molecule has 2 aromatic rings. The molecule has 0 aliphatic rings. The Morgan fingerprint density at radius 3 is 2.57 bits per heavy atom. The van der Waals surface area contributed by atoms with Crippen molar-refractivity contribution in [2.24, 2.45) is 0 Å². The maximum atomic E-state index is 12.3. The van der Waals surface area contributed by atoms with Crippen molar-refractivity contribution in [1.29, 1.82) is 0 Å². The lowest BCUT2D eigenvalue weighted by atomic mass is 10.1. The van der Waals surface area contributed by atoms with E-state index in [0.29, 0.717) is 22.3 Å². The van der Waals surface area contributed by atoms with Gasteiger partial charge in [-0.1, -0.05) is 24.3 Å². The molecule has 0 amide bonds. The number of halogens is 1. The summed E-state index contributed by atoms with van der Waals surface area (Å²) in [4.78, 5) is 0.174. The average Bonchev–Trinajstić information content (AvgIpc) is 2.50. The number of ether oxygens (including phenoxy) is 1. The van der Waals surface area contributed by atoms with Crippen molar-refractivity contribution in [2.75, 3.05) is 25.6 Å². The summed E-state index contributed by atoms with van der Waals surface area (Å²) in [6.07, 6.45) is 0. The third kappa shape index (κ3) is 3.66. The van der Waals surface area contributed by atoms with E-state index in [1.807, 2.05) is 0 Å². The molecular weight excluding hydrogens is 313 g/mol. The topological polar surface area (TPSA) is 55.4 Å². The van der Waals surface area contributed by atoms with E-state index in [0.717, 1.165) is 0 Å². The molecule has 114 valence electrons. The Kier molecular flexibility index (Phi) is 5.44. The summed E-state index contributed by atoms with van der Waals surface area (Å²) in [7, 11) is -3.61. The molecule has 0 saturated heterocycles. The van der Waals surface area contributed by atoms with Crippen molar-refractivity contribution in [3.05, 3.63) is 36.4 Å². The molecule has 0 unspecified atom stereocenters. The van der Waals surface area contributed by atoms with Crippen LogP contribution >= 0.6 is 12.6 Å². The number of sulfonamides is 1. The highest BCUT2D eigenvalue weighted by atomic mass is 32.2. The Morgan fingerprint density at radius 2 is 1.86 bits per heavy atom. The summed E-state index contributed by atoms with van der Waals surface area (Å²) in [5.41, 5.74) is 0. The first-order valence-electron chi connectivity index (χ1n) is 6.41. The van der Waals surface area contributed by atoms with E-state index in [2.05, 4.69) is 17.4 Å². The second-order valence-corrected chi connectivity index (χ2v) is 6.45. The molecule has 0 bridgehead atoms. The van der Waals surface area contributed by atoms with Gasteiger partial charge in [-0.15, -0.1) is 0 Å². The average molecular weight is 329 g/mol. The SMILES string of the molecule is O=S(=O)(NCCS)c1cccc2c(OCC[19F])cccc12.